The summed E-state index contributed by atoms with van der Waals surface area (Å²) < 4.78 is 26.3. The molecule has 2 aromatic rings. The molecule has 18 heavy (non-hydrogen) atoms. The maximum atomic E-state index is 12.0. The molecule has 0 aliphatic rings. The van der Waals surface area contributed by atoms with Crippen LogP contribution >= 0.6 is 11.6 Å². The molecule has 0 aliphatic carbocycles. The molecule has 2 rings (SSSR count). The zero-order valence-corrected chi connectivity index (χ0v) is 11.0. The van der Waals surface area contributed by atoms with Gasteiger partial charge in [0, 0.05) is 23.1 Å². The number of rotatable bonds is 3. The van der Waals surface area contributed by atoms with E-state index >= 15 is 0 Å². The lowest BCUT2D eigenvalue weighted by Gasteiger charge is -2.09. The minimum absolute atomic E-state index is 0.00741. The summed E-state index contributed by atoms with van der Waals surface area (Å²) in [7, 11) is -3.75. The van der Waals surface area contributed by atoms with E-state index in [0.29, 0.717) is 16.3 Å². The maximum Gasteiger partial charge on any atom is 0.264 e. The topological polar surface area (TPSA) is 101 Å². The summed E-state index contributed by atoms with van der Waals surface area (Å²) in [6.45, 7) is 1.72. The van der Waals surface area contributed by atoms with E-state index in [9.17, 15) is 8.42 Å². The summed E-state index contributed by atoms with van der Waals surface area (Å²) in [6.07, 6.45) is 2.95. The van der Waals surface area contributed by atoms with Gasteiger partial charge in [-0.25, -0.2) is 18.1 Å². The summed E-state index contributed by atoms with van der Waals surface area (Å²) in [5, 5.41) is 0.301. The van der Waals surface area contributed by atoms with Crippen LogP contribution in [0, 0.1) is 6.92 Å². The number of nitrogens with zero attached hydrogens (tertiary/aromatic N) is 1. The highest BCUT2D eigenvalue weighted by Crippen LogP contribution is 2.26. The molecule has 4 N–H and O–H groups in total. The highest BCUT2D eigenvalue weighted by Gasteiger charge is 2.17. The molecular formula is C10H11ClN4O2S. The van der Waals surface area contributed by atoms with Crippen molar-refractivity contribution in [2.45, 2.75) is 11.8 Å². The molecule has 0 aliphatic heterocycles. The molecule has 0 atom stereocenters. The van der Waals surface area contributed by atoms with Gasteiger partial charge in [0.15, 0.2) is 0 Å². The van der Waals surface area contributed by atoms with E-state index < -0.39 is 10.0 Å². The van der Waals surface area contributed by atoms with Gasteiger partial charge in [0.1, 0.15) is 0 Å². The Morgan fingerprint density at radius 3 is 2.72 bits per heavy atom. The molecule has 1 aromatic heterocycles. The van der Waals surface area contributed by atoms with E-state index in [4.69, 9.17) is 17.3 Å². The predicted molar refractivity (Wildman–Crippen MR) is 70.0 cm³/mol. The Hall–Kier alpha value is -1.73. The van der Waals surface area contributed by atoms with Crippen LogP contribution in [0.3, 0.4) is 0 Å². The second-order valence-corrected chi connectivity index (χ2v) is 5.75. The fourth-order valence-corrected chi connectivity index (χ4v) is 2.67. The van der Waals surface area contributed by atoms with E-state index in [2.05, 4.69) is 14.7 Å². The molecule has 96 valence electrons. The maximum absolute atomic E-state index is 12.0. The molecule has 0 amide bonds. The second-order valence-electron chi connectivity index (χ2n) is 3.66. The third-order valence-corrected chi connectivity index (χ3v) is 4.11. The first kappa shape index (κ1) is 12.7. The molecule has 0 saturated heterocycles. The standard InChI is InChI=1S/C10H11ClN4O2S/c1-6-8(11)4-7(5-9(6)12)18(16,17)15-10-13-2-3-14-10/h2-5H,12H2,1H3,(H2,13,14,15). The number of nitrogen functional groups attached to an aromatic ring is 1. The van der Waals surface area contributed by atoms with Gasteiger partial charge in [0.25, 0.3) is 10.0 Å². The largest absolute Gasteiger partial charge is 0.398 e. The zero-order valence-electron chi connectivity index (χ0n) is 9.44. The quantitative estimate of drug-likeness (QED) is 0.748. The van der Waals surface area contributed by atoms with Crippen LogP contribution in [-0.2, 0) is 10.0 Å². The Labute approximate surface area is 109 Å². The van der Waals surface area contributed by atoms with Gasteiger partial charge in [-0.1, -0.05) is 11.6 Å². The third kappa shape index (κ3) is 2.41. The van der Waals surface area contributed by atoms with E-state index in [1.165, 1.54) is 24.5 Å². The molecule has 0 unspecified atom stereocenters. The number of hydrogen-bond acceptors (Lipinski definition) is 4. The van der Waals surface area contributed by atoms with E-state index in [0.717, 1.165) is 0 Å². The Bertz CT molecular complexity index is 644. The van der Waals surface area contributed by atoms with Crippen molar-refractivity contribution >= 4 is 33.3 Å². The Morgan fingerprint density at radius 1 is 1.44 bits per heavy atom. The van der Waals surface area contributed by atoms with Gasteiger partial charge in [-0.3, -0.25) is 0 Å². The van der Waals surface area contributed by atoms with E-state index in [-0.39, 0.29) is 10.8 Å². The Balaban J connectivity index is 2.42. The van der Waals surface area contributed by atoms with Crippen molar-refractivity contribution in [2.75, 3.05) is 10.5 Å². The van der Waals surface area contributed by atoms with Crippen molar-refractivity contribution in [2.24, 2.45) is 0 Å². The Kier molecular flexibility index (Phi) is 3.18. The SMILES string of the molecule is Cc1c(N)cc(S(=O)(=O)Nc2ncc[nH]2)cc1Cl. The van der Waals surface area contributed by atoms with Gasteiger partial charge in [-0.15, -0.1) is 0 Å². The van der Waals surface area contributed by atoms with Crippen LogP contribution in [0.15, 0.2) is 29.4 Å². The van der Waals surface area contributed by atoms with Gasteiger partial charge in [0.05, 0.1) is 4.90 Å². The molecule has 1 aromatic carbocycles. The lowest BCUT2D eigenvalue weighted by Crippen LogP contribution is -2.14. The van der Waals surface area contributed by atoms with Crippen LogP contribution in [0.1, 0.15) is 5.56 Å². The van der Waals surface area contributed by atoms with Crippen LogP contribution in [0.4, 0.5) is 11.6 Å². The van der Waals surface area contributed by atoms with Crippen molar-refractivity contribution in [1.29, 1.82) is 0 Å². The number of H-pyrrole nitrogens is 1. The normalized spacial score (nSPS) is 11.4. The molecular weight excluding hydrogens is 276 g/mol. The minimum atomic E-state index is -3.75. The van der Waals surface area contributed by atoms with Crippen LogP contribution in [0.5, 0.6) is 0 Å². The van der Waals surface area contributed by atoms with Gasteiger partial charge >= 0.3 is 0 Å². The molecule has 8 heteroatoms. The molecule has 0 saturated carbocycles. The van der Waals surface area contributed by atoms with Crippen LogP contribution < -0.4 is 10.5 Å². The number of imidazole rings is 1. The number of sulfonamides is 1. The summed E-state index contributed by atoms with van der Waals surface area (Å²) >= 11 is 5.91. The monoisotopic (exact) mass is 286 g/mol. The number of aromatic amines is 1. The number of halogens is 1. The van der Waals surface area contributed by atoms with E-state index in [1.54, 1.807) is 6.92 Å². The van der Waals surface area contributed by atoms with Crippen molar-refractivity contribution in [1.82, 2.24) is 9.97 Å². The summed E-state index contributed by atoms with van der Waals surface area (Å²) in [5.41, 5.74) is 6.66. The van der Waals surface area contributed by atoms with Gasteiger partial charge in [-0.2, -0.15) is 0 Å². The summed E-state index contributed by atoms with van der Waals surface area (Å²) in [5.74, 6) is 0.130. The predicted octanol–water partition coefficient (Wildman–Crippen LogP) is 1.75. The highest BCUT2D eigenvalue weighted by atomic mass is 35.5. The van der Waals surface area contributed by atoms with Crippen LogP contribution in [0.25, 0.3) is 0 Å². The van der Waals surface area contributed by atoms with E-state index in [1.807, 2.05) is 0 Å². The highest BCUT2D eigenvalue weighted by molar-refractivity contribution is 7.92. The Morgan fingerprint density at radius 2 is 2.17 bits per heavy atom. The van der Waals surface area contributed by atoms with Crippen LogP contribution in [-0.4, -0.2) is 18.4 Å². The molecule has 6 nitrogen and oxygen atoms in total. The summed E-state index contributed by atoms with van der Waals surface area (Å²) in [4.78, 5) is 6.41. The van der Waals surface area contributed by atoms with Crippen molar-refractivity contribution in [3.8, 4) is 0 Å². The van der Waals surface area contributed by atoms with Gasteiger partial charge in [0.2, 0.25) is 5.95 Å². The lowest BCUT2D eigenvalue weighted by atomic mass is 10.2. The van der Waals surface area contributed by atoms with Crippen molar-refractivity contribution < 1.29 is 8.42 Å². The first-order chi connectivity index (χ1) is 8.40. The van der Waals surface area contributed by atoms with Crippen LogP contribution in [0.2, 0.25) is 5.02 Å². The molecule has 0 fully saturated rings. The van der Waals surface area contributed by atoms with Crippen molar-refractivity contribution in [3.63, 3.8) is 0 Å². The van der Waals surface area contributed by atoms with Gasteiger partial charge in [-0.05, 0) is 24.6 Å². The fraction of sp³-hybridized carbons (Fsp3) is 0.100. The molecule has 0 bridgehead atoms. The zero-order chi connectivity index (χ0) is 13.3. The third-order valence-electron chi connectivity index (χ3n) is 2.40. The molecule has 1 heterocycles. The minimum Gasteiger partial charge on any atom is -0.398 e. The summed E-state index contributed by atoms with van der Waals surface area (Å²) in [6, 6.07) is 2.70. The fourth-order valence-electron chi connectivity index (χ4n) is 1.34. The first-order valence-corrected chi connectivity index (χ1v) is 6.84. The lowest BCUT2D eigenvalue weighted by molar-refractivity contribution is 0.601. The average Bonchev–Trinajstić information content (AvgIpc) is 2.77. The number of nitrogens with two attached hydrogens (primary N) is 1. The number of nitrogens with one attached hydrogen (secondary N) is 2. The molecule has 0 radical (unpaired) electrons. The smallest absolute Gasteiger partial charge is 0.264 e. The first-order valence-electron chi connectivity index (χ1n) is 4.98. The number of anilines is 2. The number of benzene rings is 1. The van der Waals surface area contributed by atoms with Gasteiger partial charge < -0.3 is 10.7 Å². The number of hydrogen-bond donors (Lipinski definition) is 3. The number of aromatic nitrogens is 2. The average molecular weight is 287 g/mol. The second kappa shape index (κ2) is 4.51. The van der Waals surface area contributed by atoms with Crippen molar-refractivity contribution in [3.05, 3.63) is 35.1 Å². The molecule has 0 spiro atoms.